The number of carboxylic acids is 1. The van der Waals surface area contributed by atoms with Gasteiger partial charge in [-0.05, 0) is 6.42 Å². The average molecular weight is 363 g/mol. The van der Waals surface area contributed by atoms with E-state index in [0.717, 1.165) is 0 Å². The summed E-state index contributed by atoms with van der Waals surface area (Å²) in [5.74, 6) is -4.74. The maximum atomic E-state index is 12.1. The van der Waals surface area contributed by atoms with Gasteiger partial charge >= 0.3 is 5.97 Å². The van der Waals surface area contributed by atoms with Gasteiger partial charge in [-0.3, -0.25) is 19.2 Å². The van der Waals surface area contributed by atoms with Crippen LogP contribution in [0, 0.1) is 0 Å². The number of nitrogens with two attached hydrogens (primary N) is 3. The van der Waals surface area contributed by atoms with Crippen LogP contribution in [0.25, 0.3) is 0 Å². The molecule has 0 fully saturated rings. The Morgan fingerprint density at radius 1 is 0.958 bits per heavy atom. The highest BCUT2D eigenvalue weighted by Gasteiger charge is 2.28. The van der Waals surface area contributed by atoms with Crippen LogP contribution in [-0.4, -0.2) is 58.6 Å². The van der Waals surface area contributed by atoms with Crippen molar-refractivity contribution in [2.45, 2.75) is 37.4 Å². The number of primary amides is 2. The molecule has 0 heterocycles. The average Bonchev–Trinajstić information content (AvgIpc) is 2.48. The Labute approximate surface area is 143 Å². The van der Waals surface area contributed by atoms with Crippen LogP contribution in [0.1, 0.15) is 19.3 Å². The van der Waals surface area contributed by atoms with E-state index in [1.807, 2.05) is 0 Å². The van der Waals surface area contributed by atoms with E-state index < -0.39 is 54.1 Å². The zero-order chi connectivity index (χ0) is 18.9. The van der Waals surface area contributed by atoms with Crippen LogP contribution < -0.4 is 27.8 Å². The van der Waals surface area contributed by atoms with Gasteiger partial charge in [0.15, 0.2) is 0 Å². The molecular formula is C12H21N5O6S. The number of hydrogen-bond acceptors (Lipinski definition) is 7. The molecule has 0 rings (SSSR count). The molecule has 9 N–H and O–H groups in total. The highest BCUT2D eigenvalue weighted by molar-refractivity contribution is 7.80. The molecule has 0 radical (unpaired) electrons. The molecule has 3 unspecified atom stereocenters. The highest BCUT2D eigenvalue weighted by atomic mass is 32.1. The van der Waals surface area contributed by atoms with E-state index in [-0.39, 0.29) is 18.6 Å². The molecule has 0 aliphatic rings. The van der Waals surface area contributed by atoms with Crippen molar-refractivity contribution < 1.29 is 29.1 Å². The number of aliphatic carboxylic acids is 1. The van der Waals surface area contributed by atoms with Gasteiger partial charge < -0.3 is 32.9 Å². The lowest BCUT2D eigenvalue weighted by molar-refractivity contribution is -0.143. The zero-order valence-electron chi connectivity index (χ0n) is 12.7. The van der Waals surface area contributed by atoms with Crippen molar-refractivity contribution >= 4 is 42.2 Å². The summed E-state index contributed by atoms with van der Waals surface area (Å²) >= 11 is 3.84. The molecule has 0 bridgehead atoms. The fourth-order valence-corrected chi connectivity index (χ4v) is 1.76. The smallest absolute Gasteiger partial charge is 0.326 e. The molecule has 0 aromatic carbocycles. The number of carbonyl (C=O) groups excluding carboxylic acids is 4. The molecule has 0 spiro atoms. The van der Waals surface area contributed by atoms with E-state index in [4.69, 9.17) is 22.3 Å². The second-order valence-corrected chi connectivity index (χ2v) is 5.29. The number of hydrogen-bond donors (Lipinski definition) is 7. The Bertz CT molecular complexity index is 514. The van der Waals surface area contributed by atoms with E-state index in [1.54, 1.807) is 0 Å². The van der Waals surface area contributed by atoms with Gasteiger partial charge in [0, 0.05) is 12.2 Å². The lowest BCUT2D eigenvalue weighted by atomic mass is 10.1. The van der Waals surface area contributed by atoms with Crippen molar-refractivity contribution in [1.82, 2.24) is 10.6 Å². The monoisotopic (exact) mass is 363 g/mol. The second-order valence-electron chi connectivity index (χ2n) is 4.93. The minimum atomic E-state index is -1.57. The number of nitrogens with one attached hydrogen (secondary N) is 2. The van der Waals surface area contributed by atoms with E-state index in [2.05, 4.69) is 23.3 Å². The summed E-state index contributed by atoms with van der Waals surface area (Å²) in [7, 11) is 0. The Balaban J connectivity index is 5.05. The van der Waals surface area contributed by atoms with Gasteiger partial charge in [0.05, 0.1) is 12.5 Å². The van der Waals surface area contributed by atoms with Crippen molar-refractivity contribution in [2.75, 3.05) is 5.75 Å². The van der Waals surface area contributed by atoms with E-state index in [1.165, 1.54) is 0 Å². The van der Waals surface area contributed by atoms with Crippen molar-refractivity contribution in [3.63, 3.8) is 0 Å². The predicted molar refractivity (Wildman–Crippen MR) is 85.6 cm³/mol. The molecule has 12 heteroatoms. The Hall–Kier alpha value is -2.34. The van der Waals surface area contributed by atoms with Crippen LogP contribution in [0.5, 0.6) is 0 Å². The quantitative estimate of drug-likeness (QED) is 0.183. The van der Waals surface area contributed by atoms with Gasteiger partial charge in [-0.2, -0.15) is 12.6 Å². The lowest BCUT2D eigenvalue weighted by Crippen LogP contribution is -2.55. The van der Waals surface area contributed by atoms with E-state index in [0.29, 0.717) is 0 Å². The Morgan fingerprint density at radius 2 is 1.50 bits per heavy atom. The molecule has 0 aliphatic heterocycles. The maximum absolute atomic E-state index is 12.1. The van der Waals surface area contributed by atoms with Crippen LogP contribution in [0.15, 0.2) is 0 Å². The van der Waals surface area contributed by atoms with Crippen molar-refractivity contribution in [3.8, 4) is 0 Å². The molecule has 24 heavy (non-hydrogen) atoms. The first kappa shape index (κ1) is 21.7. The van der Waals surface area contributed by atoms with Gasteiger partial charge in [-0.25, -0.2) is 4.79 Å². The highest BCUT2D eigenvalue weighted by Crippen LogP contribution is 2.01. The third-order valence-corrected chi connectivity index (χ3v) is 3.26. The second kappa shape index (κ2) is 10.4. The maximum Gasteiger partial charge on any atom is 0.326 e. The molecule has 3 atom stereocenters. The third-order valence-electron chi connectivity index (χ3n) is 2.87. The standard InChI is InChI=1S/C12H21N5O6S/c13-5(4-24)10(20)16-6(1-2-8(14)18)11(21)17-7(12(22)23)3-9(15)19/h5-7,24H,1-4,13H2,(H2,14,18)(H2,15,19)(H,16,20)(H,17,21)(H,22,23). The molecule has 0 aromatic heterocycles. The van der Waals surface area contributed by atoms with Crippen LogP contribution in [0.3, 0.4) is 0 Å². The van der Waals surface area contributed by atoms with E-state index >= 15 is 0 Å². The lowest BCUT2D eigenvalue weighted by Gasteiger charge is -2.21. The zero-order valence-corrected chi connectivity index (χ0v) is 13.6. The van der Waals surface area contributed by atoms with Crippen LogP contribution in [-0.2, 0) is 24.0 Å². The summed E-state index contributed by atoms with van der Waals surface area (Å²) in [6, 6.07) is -3.83. The van der Waals surface area contributed by atoms with Crippen molar-refractivity contribution in [3.05, 3.63) is 0 Å². The van der Waals surface area contributed by atoms with Gasteiger partial charge in [0.25, 0.3) is 0 Å². The number of carbonyl (C=O) groups is 5. The molecular weight excluding hydrogens is 342 g/mol. The molecule has 136 valence electrons. The van der Waals surface area contributed by atoms with E-state index in [9.17, 15) is 24.0 Å². The first-order valence-corrected chi connectivity index (χ1v) is 7.48. The first-order valence-electron chi connectivity index (χ1n) is 6.85. The molecule has 0 aliphatic carbocycles. The number of rotatable bonds is 11. The van der Waals surface area contributed by atoms with Crippen molar-refractivity contribution in [2.24, 2.45) is 17.2 Å². The van der Waals surface area contributed by atoms with Gasteiger partial charge in [-0.15, -0.1) is 0 Å². The number of amides is 4. The van der Waals surface area contributed by atoms with Gasteiger partial charge in [-0.1, -0.05) is 0 Å². The molecule has 11 nitrogen and oxygen atoms in total. The first-order chi connectivity index (χ1) is 11.1. The molecule has 0 aromatic rings. The Kier molecular flexibility index (Phi) is 9.42. The fourth-order valence-electron chi connectivity index (χ4n) is 1.59. The molecule has 4 amide bonds. The summed E-state index contributed by atoms with van der Waals surface area (Å²) in [5, 5.41) is 13.3. The number of carboxylic acid groups (broad SMARTS) is 1. The SMILES string of the molecule is NC(=O)CCC(NC(=O)C(N)CS)C(=O)NC(CC(N)=O)C(=O)O. The fraction of sp³-hybridized carbons (Fsp3) is 0.583. The van der Waals surface area contributed by atoms with Crippen LogP contribution >= 0.6 is 12.6 Å². The minimum absolute atomic E-state index is 0.00934. The largest absolute Gasteiger partial charge is 0.480 e. The van der Waals surface area contributed by atoms with Gasteiger partial charge in [0.2, 0.25) is 23.6 Å². The van der Waals surface area contributed by atoms with Gasteiger partial charge in [0.1, 0.15) is 12.1 Å². The summed E-state index contributed by atoms with van der Waals surface area (Å²) < 4.78 is 0. The van der Waals surface area contributed by atoms with Crippen LogP contribution in [0.4, 0.5) is 0 Å². The summed E-state index contributed by atoms with van der Waals surface area (Å²) in [4.78, 5) is 56.6. The molecule has 0 saturated carbocycles. The normalized spacial score (nSPS) is 14.1. The summed E-state index contributed by atoms with van der Waals surface area (Å²) in [5.41, 5.74) is 15.4. The molecule has 0 saturated heterocycles. The topological polar surface area (TPSA) is 208 Å². The number of thiol groups is 1. The Morgan fingerprint density at radius 3 is 1.92 bits per heavy atom. The van der Waals surface area contributed by atoms with Crippen LogP contribution in [0.2, 0.25) is 0 Å². The summed E-state index contributed by atoms with van der Waals surface area (Å²) in [6.07, 6.45) is -1.04. The summed E-state index contributed by atoms with van der Waals surface area (Å²) in [6.45, 7) is 0. The minimum Gasteiger partial charge on any atom is -0.480 e. The third kappa shape index (κ3) is 8.33. The predicted octanol–water partition coefficient (Wildman–Crippen LogP) is -3.56. The van der Waals surface area contributed by atoms with Crippen molar-refractivity contribution in [1.29, 1.82) is 0 Å².